The summed E-state index contributed by atoms with van der Waals surface area (Å²) >= 11 is 0. The summed E-state index contributed by atoms with van der Waals surface area (Å²) in [7, 11) is 0. The first kappa shape index (κ1) is 20.3. The van der Waals surface area contributed by atoms with Crippen molar-refractivity contribution < 1.29 is 4.79 Å². The summed E-state index contributed by atoms with van der Waals surface area (Å²) in [6.07, 6.45) is 10.2. The molecule has 3 rings (SSSR count). The van der Waals surface area contributed by atoms with Gasteiger partial charge in [0, 0.05) is 18.5 Å². The minimum Gasteiger partial charge on any atom is -0.356 e. The van der Waals surface area contributed by atoms with Gasteiger partial charge < -0.3 is 16.0 Å². The zero-order valence-electron chi connectivity index (χ0n) is 16.7. The smallest absolute Gasteiger partial charge is 0.223 e. The first-order valence-corrected chi connectivity index (χ1v) is 11.0. The summed E-state index contributed by atoms with van der Waals surface area (Å²) in [4.78, 5) is 14.8. The largest absolute Gasteiger partial charge is 0.356 e. The Hall–Kier alpha value is -1.39. The van der Waals surface area contributed by atoms with Crippen LogP contribution < -0.4 is 11.1 Å². The van der Waals surface area contributed by atoms with Crippen molar-refractivity contribution in [3.63, 3.8) is 0 Å². The van der Waals surface area contributed by atoms with Gasteiger partial charge in [-0.25, -0.2) is 0 Å². The summed E-state index contributed by atoms with van der Waals surface area (Å²) in [5.74, 6) is 1.22. The third-order valence-corrected chi connectivity index (χ3v) is 6.36. The van der Waals surface area contributed by atoms with E-state index in [1.165, 1.54) is 50.9 Å². The van der Waals surface area contributed by atoms with Crippen molar-refractivity contribution in [2.45, 2.75) is 63.8 Å². The highest BCUT2D eigenvalue weighted by Crippen LogP contribution is 2.23. The van der Waals surface area contributed by atoms with Crippen molar-refractivity contribution in [3.8, 4) is 0 Å². The fourth-order valence-electron chi connectivity index (χ4n) is 4.64. The Balaban J connectivity index is 1.23. The van der Waals surface area contributed by atoms with Crippen LogP contribution in [0.2, 0.25) is 0 Å². The van der Waals surface area contributed by atoms with E-state index in [9.17, 15) is 4.79 Å². The number of hydrogen-bond donors (Lipinski definition) is 2. The number of benzene rings is 1. The summed E-state index contributed by atoms with van der Waals surface area (Å²) in [5, 5.41) is 3.13. The van der Waals surface area contributed by atoms with Gasteiger partial charge in [0.2, 0.25) is 5.91 Å². The molecule has 0 bridgehead atoms. The van der Waals surface area contributed by atoms with E-state index in [0.717, 1.165) is 44.6 Å². The molecule has 1 aromatic rings. The monoisotopic (exact) mass is 371 g/mol. The predicted octanol–water partition coefficient (Wildman–Crippen LogP) is 3.36. The fourth-order valence-corrected chi connectivity index (χ4v) is 4.64. The van der Waals surface area contributed by atoms with E-state index in [4.69, 9.17) is 5.73 Å². The summed E-state index contributed by atoms with van der Waals surface area (Å²) in [5.41, 5.74) is 7.47. The molecule has 3 N–H and O–H groups in total. The molecule has 0 radical (unpaired) electrons. The highest BCUT2D eigenvalue weighted by atomic mass is 16.1. The maximum Gasteiger partial charge on any atom is 0.223 e. The molecule has 1 amide bonds. The number of nitrogens with two attached hydrogens (primary N) is 1. The molecule has 1 aliphatic heterocycles. The number of nitrogens with zero attached hydrogens (tertiary/aromatic N) is 1. The van der Waals surface area contributed by atoms with E-state index >= 15 is 0 Å². The number of carbonyl (C=O) groups is 1. The zero-order valence-corrected chi connectivity index (χ0v) is 16.7. The molecule has 1 aliphatic carbocycles. The molecular formula is C23H37N3O. The summed E-state index contributed by atoms with van der Waals surface area (Å²) < 4.78 is 0. The number of nitrogens with one attached hydrogen (secondary N) is 1. The van der Waals surface area contributed by atoms with Gasteiger partial charge >= 0.3 is 0 Å². The predicted molar refractivity (Wildman–Crippen MR) is 111 cm³/mol. The Bertz CT molecular complexity index is 554. The Morgan fingerprint density at radius 3 is 2.59 bits per heavy atom. The van der Waals surface area contributed by atoms with E-state index < -0.39 is 0 Å². The standard InChI is InChI=1S/C23H37N3O/c24-22-10-6-9-21(18-22)23(27)25-13-4-5-14-26-15-11-20(12-16-26)17-19-7-2-1-3-8-19/h1-3,7-8,20-22H,4-6,9-18,24H2,(H,25,27). The Morgan fingerprint density at radius 2 is 1.85 bits per heavy atom. The lowest BCUT2D eigenvalue weighted by Crippen LogP contribution is -2.38. The van der Waals surface area contributed by atoms with Crippen LogP contribution in [0.25, 0.3) is 0 Å². The van der Waals surface area contributed by atoms with Crippen molar-refractivity contribution in [2.75, 3.05) is 26.2 Å². The van der Waals surface area contributed by atoms with Gasteiger partial charge in [-0.3, -0.25) is 4.79 Å². The van der Waals surface area contributed by atoms with Crippen molar-refractivity contribution in [1.82, 2.24) is 10.2 Å². The number of likely N-dealkylation sites (tertiary alicyclic amines) is 1. The highest BCUT2D eigenvalue weighted by molar-refractivity contribution is 5.78. The lowest BCUT2D eigenvalue weighted by atomic mass is 9.85. The molecule has 2 aliphatic rings. The normalized spacial score (nSPS) is 24.6. The van der Waals surface area contributed by atoms with E-state index in [-0.39, 0.29) is 17.9 Å². The van der Waals surface area contributed by atoms with Crippen molar-refractivity contribution in [2.24, 2.45) is 17.6 Å². The van der Waals surface area contributed by atoms with Crippen LogP contribution in [0.4, 0.5) is 0 Å². The van der Waals surface area contributed by atoms with Gasteiger partial charge in [-0.15, -0.1) is 0 Å². The van der Waals surface area contributed by atoms with Crippen molar-refractivity contribution in [3.05, 3.63) is 35.9 Å². The SMILES string of the molecule is NC1CCCC(C(=O)NCCCCN2CCC(Cc3ccccc3)CC2)C1. The van der Waals surface area contributed by atoms with Crippen LogP contribution in [0.15, 0.2) is 30.3 Å². The second kappa shape index (κ2) is 10.8. The number of unbranched alkanes of at least 4 members (excludes halogenated alkanes) is 1. The van der Waals surface area contributed by atoms with Gasteiger partial charge in [0.1, 0.15) is 0 Å². The lowest BCUT2D eigenvalue weighted by molar-refractivity contribution is -0.126. The van der Waals surface area contributed by atoms with Crippen LogP contribution in [0.1, 0.15) is 56.9 Å². The minimum atomic E-state index is 0.150. The fraction of sp³-hybridized carbons (Fsp3) is 0.696. The van der Waals surface area contributed by atoms with Crippen LogP contribution in [-0.2, 0) is 11.2 Å². The molecule has 1 saturated carbocycles. The topological polar surface area (TPSA) is 58.4 Å². The highest BCUT2D eigenvalue weighted by Gasteiger charge is 2.25. The van der Waals surface area contributed by atoms with Gasteiger partial charge in [-0.05, 0) is 82.5 Å². The molecule has 2 fully saturated rings. The van der Waals surface area contributed by atoms with E-state index in [0.29, 0.717) is 0 Å². The number of piperidine rings is 1. The first-order chi connectivity index (χ1) is 13.2. The maximum absolute atomic E-state index is 12.2. The molecule has 1 heterocycles. The molecule has 1 saturated heterocycles. The Labute approximate surface area is 164 Å². The third kappa shape index (κ3) is 6.93. The summed E-state index contributed by atoms with van der Waals surface area (Å²) in [6.45, 7) is 4.44. The molecule has 1 aromatic carbocycles. The summed E-state index contributed by atoms with van der Waals surface area (Å²) in [6, 6.07) is 11.1. The molecule has 2 atom stereocenters. The van der Waals surface area contributed by atoms with Gasteiger partial charge in [0.25, 0.3) is 0 Å². The molecule has 150 valence electrons. The molecule has 2 unspecified atom stereocenters. The second-order valence-corrected chi connectivity index (χ2v) is 8.60. The number of hydrogen-bond acceptors (Lipinski definition) is 3. The number of rotatable bonds is 8. The molecule has 0 spiro atoms. The van der Waals surface area contributed by atoms with Crippen molar-refractivity contribution >= 4 is 5.91 Å². The zero-order chi connectivity index (χ0) is 18.9. The van der Waals surface area contributed by atoms with Crippen LogP contribution in [-0.4, -0.2) is 43.0 Å². The average Bonchev–Trinajstić information content (AvgIpc) is 2.69. The van der Waals surface area contributed by atoms with E-state index in [1.54, 1.807) is 0 Å². The van der Waals surface area contributed by atoms with Crippen LogP contribution in [0.5, 0.6) is 0 Å². The molecular weight excluding hydrogens is 334 g/mol. The molecule has 4 nitrogen and oxygen atoms in total. The molecule has 4 heteroatoms. The average molecular weight is 372 g/mol. The number of carbonyl (C=O) groups excluding carboxylic acids is 1. The minimum absolute atomic E-state index is 0.150. The van der Waals surface area contributed by atoms with Gasteiger partial charge in [-0.1, -0.05) is 36.8 Å². The van der Waals surface area contributed by atoms with Gasteiger partial charge in [-0.2, -0.15) is 0 Å². The maximum atomic E-state index is 12.2. The van der Waals surface area contributed by atoms with Crippen LogP contribution in [0, 0.1) is 11.8 Å². The van der Waals surface area contributed by atoms with Crippen LogP contribution in [0.3, 0.4) is 0 Å². The van der Waals surface area contributed by atoms with E-state index in [2.05, 4.69) is 40.5 Å². The molecule has 27 heavy (non-hydrogen) atoms. The van der Waals surface area contributed by atoms with E-state index in [1.807, 2.05) is 0 Å². The van der Waals surface area contributed by atoms with Gasteiger partial charge in [0.15, 0.2) is 0 Å². The molecule has 0 aromatic heterocycles. The first-order valence-electron chi connectivity index (χ1n) is 11.0. The lowest BCUT2D eigenvalue weighted by Gasteiger charge is -2.32. The van der Waals surface area contributed by atoms with Crippen molar-refractivity contribution in [1.29, 1.82) is 0 Å². The quantitative estimate of drug-likeness (QED) is 0.689. The van der Waals surface area contributed by atoms with Gasteiger partial charge in [0.05, 0.1) is 0 Å². The van der Waals surface area contributed by atoms with Crippen LogP contribution >= 0.6 is 0 Å². The third-order valence-electron chi connectivity index (χ3n) is 6.36. The Kier molecular flexibility index (Phi) is 8.15. The Morgan fingerprint density at radius 1 is 1.07 bits per heavy atom. The second-order valence-electron chi connectivity index (χ2n) is 8.60. The number of amides is 1.